The first-order valence-corrected chi connectivity index (χ1v) is 6.07. The van der Waals surface area contributed by atoms with E-state index in [-0.39, 0.29) is 5.25 Å². The number of benzene rings is 1. The number of thioether (sulfide) groups is 1. The molecule has 1 heterocycles. The van der Waals surface area contributed by atoms with Gasteiger partial charge in [-0.05, 0) is 29.0 Å². The molecule has 16 heavy (non-hydrogen) atoms. The van der Waals surface area contributed by atoms with Gasteiger partial charge in [0, 0.05) is 17.3 Å². The zero-order valence-electron chi connectivity index (χ0n) is 8.96. The summed E-state index contributed by atoms with van der Waals surface area (Å²) in [7, 11) is 1.82. The minimum atomic E-state index is 0.221. The van der Waals surface area contributed by atoms with E-state index in [4.69, 9.17) is 11.6 Å². The van der Waals surface area contributed by atoms with Gasteiger partial charge in [-0.2, -0.15) is 0 Å². The molecule has 0 amide bonds. The first-order chi connectivity index (χ1) is 7.68. The van der Waals surface area contributed by atoms with Crippen molar-refractivity contribution in [3.05, 3.63) is 34.9 Å². The van der Waals surface area contributed by atoms with Crippen molar-refractivity contribution in [2.45, 2.75) is 17.3 Å². The van der Waals surface area contributed by atoms with Gasteiger partial charge in [-0.3, -0.25) is 0 Å². The van der Waals surface area contributed by atoms with E-state index in [1.807, 2.05) is 31.3 Å². The maximum Gasteiger partial charge on any atom is 0.209 e. The normalized spacial score (nSPS) is 12.7. The van der Waals surface area contributed by atoms with Gasteiger partial charge in [-0.15, -0.1) is 5.10 Å². The third-order valence-electron chi connectivity index (χ3n) is 2.21. The van der Waals surface area contributed by atoms with Crippen LogP contribution in [0.1, 0.15) is 17.7 Å². The molecular formula is C10H11ClN4S. The van der Waals surface area contributed by atoms with Crippen molar-refractivity contribution in [2.75, 3.05) is 0 Å². The molecule has 0 aliphatic heterocycles. The fourth-order valence-corrected chi connectivity index (χ4v) is 2.63. The second-order valence-corrected chi connectivity index (χ2v) is 5.08. The molecule has 1 aromatic carbocycles. The van der Waals surface area contributed by atoms with Crippen LogP contribution in [0.2, 0.25) is 5.02 Å². The first kappa shape index (κ1) is 11.4. The van der Waals surface area contributed by atoms with Gasteiger partial charge in [0.1, 0.15) is 0 Å². The van der Waals surface area contributed by atoms with Crippen molar-refractivity contribution in [3.63, 3.8) is 0 Å². The maximum atomic E-state index is 6.13. The minimum Gasteiger partial charge on any atom is -0.224 e. The summed E-state index contributed by atoms with van der Waals surface area (Å²) in [6.45, 7) is 2.08. The van der Waals surface area contributed by atoms with Gasteiger partial charge in [0.05, 0.1) is 0 Å². The quantitative estimate of drug-likeness (QED) is 0.790. The number of nitrogens with zero attached hydrogens (tertiary/aromatic N) is 4. The molecule has 0 radical (unpaired) electrons. The summed E-state index contributed by atoms with van der Waals surface area (Å²) >= 11 is 7.71. The van der Waals surface area contributed by atoms with E-state index in [1.54, 1.807) is 16.4 Å². The highest BCUT2D eigenvalue weighted by Crippen LogP contribution is 2.36. The summed E-state index contributed by atoms with van der Waals surface area (Å²) < 4.78 is 1.65. The van der Waals surface area contributed by atoms with Crippen LogP contribution < -0.4 is 0 Å². The largest absolute Gasteiger partial charge is 0.224 e. The molecule has 2 rings (SSSR count). The van der Waals surface area contributed by atoms with Crippen LogP contribution >= 0.6 is 23.4 Å². The molecule has 0 aliphatic carbocycles. The third kappa shape index (κ3) is 2.36. The lowest BCUT2D eigenvalue weighted by Crippen LogP contribution is -1.96. The lowest BCUT2D eigenvalue weighted by molar-refractivity contribution is 0.663. The monoisotopic (exact) mass is 254 g/mol. The number of hydrogen-bond acceptors (Lipinski definition) is 4. The lowest BCUT2D eigenvalue weighted by atomic mass is 10.2. The fraction of sp³-hybridized carbons (Fsp3) is 0.300. The third-order valence-corrected chi connectivity index (χ3v) is 3.72. The van der Waals surface area contributed by atoms with E-state index >= 15 is 0 Å². The number of aromatic nitrogens is 4. The Morgan fingerprint density at radius 1 is 1.38 bits per heavy atom. The molecule has 0 unspecified atom stereocenters. The summed E-state index contributed by atoms with van der Waals surface area (Å²) in [5.74, 6) is 0. The molecule has 0 N–H and O–H groups in total. The van der Waals surface area contributed by atoms with Crippen molar-refractivity contribution in [3.8, 4) is 0 Å². The van der Waals surface area contributed by atoms with E-state index in [0.717, 1.165) is 15.7 Å². The van der Waals surface area contributed by atoms with Gasteiger partial charge in [0.2, 0.25) is 5.16 Å². The van der Waals surface area contributed by atoms with E-state index < -0.39 is 0 Å². The zero-order valence-corrected chi connectivity index (χ0v) is 10.5. The van der Waals surface area contributed by atoms with Crippen LogP contribution in [0.3, 0.4) is 0 Å². The summed E-state index contributed by atoms with van der Waals surface area (Å²) in [5.41, 5.74) is 1.09. The molecule has 0 fully saturated rings. The van der Waals surface area contributed by atoms with Crippen LogP contribution in [0, 0.1) is 0 Å². The average Bonchev–Trinajstić information content (AvgIpc) is 2.65. The molecule has 1 atom stereocenters. The molecule has 2 aromatic rings. The Balaban J connectivity index is 2.18. The van der Waals surface area contributed by atoms with Crippen LogP contribution in [0.4, 0.5) is 0 Å². The Labute approximate surface area is 103 Å². The van der Waals surface area contributed by atoms with Gasteiger partial charge in [0.15, 0.2) is 0 Å². The highest BCUT2D eigenvalue weighted by Gasteiger charge is 2.13. The van der Waals surface area contributed by atoms with Gasteiger partial charge in [0.25, 0.3) is 0 Å². The molecule has 4 nitrogen and oxygen atoms in total. The van der Waals surface area contributed by atoms with Crippen molar-refractivity contribution >= 4 is 23.4 Å². The van der Waals surface area contributed by atoms with Crippen LogP contribution in [-0.2, 0) is 7.05 Å². The predicted molar refractivity (Wildman–Crippen MR) is 64.5 cm³/mol. The van der Waals surface area contributed by atoms with Gasteiger partial charge < -0.3 is 0 Å². The zero-order chi connectivity index (χ0) is 11.5. The molecule has 0 bridgehead atoms. The minimum absolute atomic E-state index is 0.221. The van der Waals surface area contributed by atoms with Crippen molar-refractivity contribution < 1.29 is 0 Å². The molecule has 0 aliphatic rings. The van der Waals surface area contributed by atoms with Crippen molar-refractivity contribution in [1.82, 2.24) is 20.2 Å². The fourth-order valence-electron chi connectivity index (χ4n) is 1.35. The Kier molecular flexibility index (Phi) is 3.46. The van der Waals surface area contributed by atoms with Gasteiger partial charge in [-0.1, -0.05) is 41.6 Å². The maximum absolute atomic E-state index is 6.13. The first-order valence-electron chi connectivity index (χ1n) is 4.82. The number of rotatable bonds is 3. The SMILES string of the molecule is C[C@H](Sc1nnnn1C)c1ccccc1Cl. The molecule has 6 heteroatoms. The number of halogens is 1. The predicted octanol–water partition coefficient (Wildman–Crippen LogP) is 2.72. The molecule has 1 aromatic heterocycles. The summed E-state index contributed by atoms with van der Waals surface area (Å²) in [6.07, 6.45) is 0. The highest BCUT2D eigenvalue weighted by atomic mass is 35.5. The van der Waals surface area contributed by atoms with E-state index in [2.05, 4.69) is 22.4 Å². The molecule has 84 valence electrons. The van der Waals surface area contributed by atoms with Crippen molar-refractivity contribution in [1.29, 1.82) is 0 Å². The Morgan fingerprint density at radius 2 is 2.12 bits per heavy atom. The lowest BCUT2D eigenvalue weighted by Gasteiger charge is -2.11. The summed E-state index contributed by atoms with van der Waals surface area (Å²) in [5, 5.41) is 13.1. The van der Waals surface area contributed by atoms with E-state index in [9.17, 15) is 0 Å². The molecule has 0 spiro atoms. The second-order valence-electron chi connectivity index (χ2n) is 3.37. The Morgan fingerprint density at radius 3 is 2.75 bits per heavy atom. The van der Waals surface area contributed by atoms with Crippen LogP contribution in [0.25, 0.3) is 0 Å². The number of aryl methyl sites for hydroxylation is 1. The van der Waals surface area contributed by atoms with Gasteiger partial charge in [-0.25, -0.2) is 4.68 Å². The molecule has 0 saturated heterocycles. The molecule has 0 saturated carbocycles. The topological polar surface area (TPSA) is 43.6 Å². The smallest absolute Gasteiger partial charge is 0.209 e. The van der Waals surface area contributed by atoms with Gasteiger partial charge >= 0.3 is 0 Å². The Bertz CT molecular complexity index is 485. The van der Waals surface area contributed by atoms with Crippen LogP contribution in [0.15, 0.2) is 29.4 Å². The van der Waals surface area contributed by atoms with Crippen LogP contribution in [-0.4, -0.2) is 20.2 Å². The van der Waals surface area contributed by atoms with E-state index in [1.165, 1.54) is 0 Å². The average molecular weight is 255 g/mol. The van der Waals surface area contributed by atoms with E-state index in [0.29, 0.717) is 0 Å². The van der Waals surface area contributed by atoms with Crippen molar-refractivity contribution in [2.24, 2.45) is 7.05 Å². The highest BCUT2D eigenvalue weighted by molar-refractivity contribution is 7.99. The standard InChI is InChI=1S/C10H11ClN4S/c1-7(8-5-3-4-6-9(8)11)16-10-12-13-14-15(10)2/h3-7H,1-2H3/t7-/m0/s1. The Hall–Kier alpha value is -1.07. The number of hydrogen-bond donors (Lipinski definition) is 0. The van der Waals surface area contributed by atoms with Crippen LogP contribution in [0.5, 0.6) is 0 Å². The summed E-state index contributed by atoms with van der Waals surface area (Å²) in [6, 6.07) is 7.81. The summed E-state index contributed by atoms with van der Waals surface area (Å²) in [4.78, 5) is 0. The number of tetrazole rings is 1. The molecular weight excluding hydrogens is 244 g/mol. The second kappa shape index (κ2) is 4.84.